The molecule has 0 radical (unpaired) electrons. The van der Waals surface area contributed by atoms with Gasteiger partial charge in [-0.1, -0.05) is 103 Å². The summed E-state index contributed by atoms with van der Waals surface area (Å²) in [4.78, 5) is 0. The largest absolute Gasteiger partial charge is 0.364 e. The van der Waals surface area contributed by atoms with Crippen LogP contribution in [-0.2, 0) is 11.3 Å². The highest BCUT2D eigenvalue weighted by atomic mass is 28.3. The normalized spacial score (nSPS) is 10.7. The van der Waals surface area contributed by atoms with Crippen molar-refractivity contribution in [2.75, 3.05) is 6.61 Å². The van der Waals surface area contributed by atoms with E-state index in [4.69, 9.17) is 4.74 Å². The minimum absolute atomic E-state index is 0.431. The first kappa shape index (κ1) is 18.9. The van der Waals surface area contributed by atoms with Crippen molar-refractivity contribution < 1.29 is 4.74 Å². The Morgan fingerprint density at radius 2 is 1.30 bits per heavy atom. The molecule has 0 atom stereocenters. The third-order valence-corrected chi connectivity index (χ3v) is 8.71. The molecular weight excluding hydrogens is 344 g/mol. The number of rotatable bonds is 7. The van der Waals surface area contributed by atoms with E-state index in [0.717, 1.165) is 6.04 Å². The first-order valence-corrected chi connectivity index (χ1v) is 11.4. The molecule has 0 aliphatic rings. The van der Waals surface area contributed by atoms with Gasteiger partial charge in [-0.2, -0.15) is 0 Å². The van der Waals surface area contributed by atoms with Crippen molar-refractivity contribution >= 4 is 18.4 Å². The molecule has 3 aromatic rings. The summed E-state index contributed by atoms with van der Waals surface area (Å²) in [6.45, 7) is 5.03. The van der Waals surface area contributed by atoms with Crippen molar-refractivity contribution in [3.8, 4) is 11.5 Å². The van der Waals surface area contributed by atoms with Crippen molar-refractivity contribution in [2.24, 2.45) is 0 Å². The average Bonchev–Trinajstić information content (AvgIpc) is 2.75. The van der Waals surface area contributed by atoms with Gasteiger partial charge in [0.15, 0.2) is 0 Å². The molecule has 0 aliphatic carbocycles. The molecule has 3 aromatic carbocycles. The highest BCUT2D eigenvalue weighted by molar-refractivity contribution is 7.08. The molecule has 0 amide bonds. The maximum absolute atomic E-state index is 5.79. The molecule has 0 aliphatic heterocycles. The molecule has 0 bridgehead atoms. The number of ether oxygens (including phenoxy) is 1. The van der Waals surface area contributed by atoms with Crippen molar-refractivity contribution in [3.63, 3.8) is 0 Å². The summed E-state index contributed by atoms with van der Waals surface area (Å²) in [7, 11) is -2.24. The van der Waals surface area contributed by atoms with Crippen LogP contribution in [0.1, 0.15) is 5.56 Å². The van der Waals surface area contributed by atoms with Gasteiger partial charge in [0.25, 0.3) is 0 Å². The van der Waals surface area contributed by atoms with Crippen molar-refractivity contribution in [1.29, 1.82) is 0 Å². The van der Waals surface area contributed by atoms with Crippen LogP contribution >= 0.6 is 0 Å². The molecule has 0 unspecified atom stereocenters. The van der Waals surface area contributed by atoms with Crippen LogP contribution < -0.4 is 10.4 Å². The topological polar surface area (TPSA) is 9.23 Å². The second-order valence-corrected chi connectivity index (χ2v) is 10.0. The second kappa shape index (κ2) is 9.73. The van der Waals surface area contributed by atoms with Gasteiger partial charge in [0.05, 0.1) is 6.61 Å². The molecule has 0 spiro atoms. The van der Waals surface area contributed by atoms with E-state index in [0.29, 0.717) is 13.2 Å². The molecule has 2 heteroatoms. The van der Waals surface area contributed by atoms with Crippen molar-refractivity contribution in [3.05, 3.63) is 109 Å². The van der Waals surface area contributed by atoms with Gasteiger partial charge < -0.3 is 4.74 Å². The number of hydrogen-bond donors (Lipinski definition) is 0. The van der Waals surface area contributed by atoms with Gasteiger partial charge in [0.2, 0.25) is 8.07 Å². The summed E-state index contributed by atoms with van der Waals surface area (Å²) in [6.07, 6.45) is 2.01. The number of benzene rings is 3. The molecule has 0 saturated carbocycles. The molecule has 27 heavy (non-hydrogen) atoms. The van der Waals surface area contributed by atoms with Crippen LogP contribution in [0.5, 0.6) is 0 Å². The summed E-state index contributed by atoms with van der Waals surface area (Å²) >= 11 is 0. The molecule has 0 N–H and O–H groups in total. The lowest BCUT2D eigenvalue weighted by atomic mass is 10.2. The van der Waals surface area contributed by atoms with E-state index in [1.165, 1.54) is 15.9 Å². The molecule has 3 rings (SSSR count). The Hall–Kier alpha value is -2.86. The lowest BCUT2D eigenvalue weighted by molar-refractivity contribution is 0.153. The summed E-state index contributed by atoms with van der Waals surface area (Å²) in [6, 6.07) is 32.3. The maximum atomic E-state index is 5.79. The maximum Gasteiger partial charge on any atom is 0.202 e. The molecule has 0 aromatic heterocycles. The van der Waals surface area contributed by atoms with Gasteiger partial charge in [-0.25, -0.2) is 0 Å². The summed E-state index contributed by atoms with van der Waals surface area (Å²) in [5.41, 5.74) is 4.81. The van der Waals surface area contributed by atoms with Gasteiger partial charge >= 0.3 is 0 Å². The predicted octanol–water partition coefficient (Wildman–Crippen LogP) is 4.20. The molecule has 134 valence electrons. The van der Waals surface area contributed by atoms with E-state index >= 15 is 0 Å². The van der Waals surface area contributed by atoms with E-state index in [2.05, 4.69) is 90.8 Å². The Bertz CT molecular complexity index is 853. The monoisotopic (exact) mass is 368 g/mol. The Morgan fingerprint density at radius 3 is 1.81 bits per heavy atom. The van der Waals surface area contributed by atoms with Gasteiger partial charge in [-0.15, -0.1) is 12.1 Å². The first-order valence-electron chi connectivity index (χ1n) is 9.19. The second-order valence-electron chi connectivity index (χ2n) is 6.41. The Balaban J connectivity index is 1.85. The Kier molecular flexibility index (Phi) is 6.82. The minimum Gasteiger partial charge on any atom is -0.364 e. The van der Waals surface area contributed by atoms with Crippen LogP contribution in [-0.4, -0.2) is 14.7 Å². The fourth-order valence-electron chi connectivity index (χ4n) is 3.24. The van der Waals surface area contributed by atoms with E-state index in [-0.39, 0.29) is 0 Å². The van der Waals surface area contributed by atoms with Gasteiger partial charge in [0.1, 0.15) is 6.61 Å². The standard InChI is InChI=1S/C25H24OSi/c1-2-20-27(24-15-8-4-9-16-24,25-17-10-5-11-18-25)21-12-19-26-22-23-13-6-3-7-14-23/h2-11,13-18H,1,19-20,22H2. The number of hydrogen-bond acceptors (Lipinski definition) is 1. The number of allylic oxidation sites excluding steroid dienone is 1. The van der Waals surface area contributed by atoms with Crippen molar-refractivity contribution in [2.45, 2.75) is 12.7 Å². The van der Waals surface area contributed by atoms with E-state index in [9.17, 15) is 0 Å². The third kappa shape index (κ3) is 4.86. The van der Waals surface area contributed by atoms with E-state index < -0.39 is 8.07 Å². The lowest BCUT2D eigenvalue weighted by Crippen LogP contribution is -2.57. The predicted molar refractivity (Wildman–Crippen MR) is 117 cm³/mol. The van der Waals surface area contributed by atoms with Gasteiger partial charge in [-0.05, 0) is 22.0 Å². The van der Waals surface area contributed by atoms with E-state index in [1.54, 1.807) is 0 Å². The summed E-state index contributed by atoms with van der Waals surface area (Å²) < 4.78 is 5.79. The van der Waals surface area contributed by atoms with Crippen molar-refractivity contribution in [1.82, 2.24) is 0 Å². The van der Waals surface area contributed by atoms with Crippen LogP contribution in [0, 0.1) is 11.5 Å². The third-order valence-electron chi connectivity index (χ3n) is 4.57. The van der Waals surface area contributed by atoms with Crippen LogP contribution in [0.2, 0.25) is 6.04 Å². The highest BCUT2D eigenvalue weighted by Gasteiger charge is 2.34. The average molecular weight is 369 g/mol. The van der Waals surface area contributed by atoms with Crippen LogP contribution in [0.15, 0.2) is 104 Å². The quantitative estimate of drug-likeness (QED) is 0.263. The van der Waals surface area contributed by atoms with Crippen LogP contribution in [0.4, 0.5) is 0 Å². The molecule has 0 heterocycles. The SMILES string of the molecule is C=CC[Si](C#CCOCc1ccccc1)(c1ccccc1)c1ccccc1. The first-order chi connectivity index (χ1) is 13.3. The molecule has 1 nitrogen and oxygen atoms in total. The summed E-state index contributed by atoms with van der Waals surface area (Å²) in [5.74, 6) is 3.32. The Labute approximate surface area is 163 Å². The molecular formula is C25H24OSi. The minimum atomic E-state index is -2.24. The highest BCUT2D eigenvalue weighted by Crippen LogP contribution is 2.11. The summed E-state index contributed by atoms with van der Waals surface area (Å²) in [5, 5.41) is 2.62. The zero-order valence-electron chi connectivity index (χ0n) is 15.5. The Morgan fingerprint density at radius 1 is 0.778 bits per heavy atom. The van der Waals surface area contributed by atoms with Gasteiger partial charge in [-0.3, -0.25) is 0 Å². The van der Waals surface area contributed by atoms with Crippen LogP contribution in [0.3, 0.4) is 0 Å². The van der Waals surface area contributed by atoms with Crippen LogP contribution in [0.25, 0.3) is 0 Å². The zero-order chi connectivity index (χ0) is 18.8. The van der Waals surface area contributed by atoms with Gasteiger partial charge in [0, 0.05) is 0 Å². The lowest BCUT2D eigenvalue weighted by Gasteiger charge is -2.26. The fraction of sp³-hybridized carbons (Fsp3) is 0.120. The molecule has 0 saturated heterocycles. The smallest absolute Gasteiger partial charge is 0.202 e. The fourth-order valence-corrected chi connectivity index (χ4v) is 6.77. The van der Waals surface area contributed by atoms with E-state index in [1.807, 2.05) is 24.3 Å². The molecule has 0 fully saturated rings. The zero-order valence-corrected chi connectivity index (χ0v) is 16.5.